The fourth-order valence-corrected chi connectivity index (χ4v) is 2.44. The van der Waals surface area contributed by atoms with Crippen LogP contribution < -0.4 is 16.8 Å². The minimum Gasteiger partial charge on any atom is -0.370 e. The van der Waals surface area contributed by atoms with Crippen LogP contribution in [-0.4, -0.2) is 18.5 Å². The van der Waals surface area contributed by atoms with Gasteiger partial charge in [-0.25, -0.2) is 4.99 Å². The third kappa shape index (κ3) is 11.1. The Hall–Kier alpha value is -1.17. The molecule has 25 heavy (non-hydrogen) atoms. The number of nitrogens with one attached hydrogen (secondary N) is 1. The summed E-state index contributed by atoms with van der Waals surface area (Å²) in [5.41, 5.74) is 12.5. The van der Waals surface area contributed by atoms with Gasteiger partial charge in [-0.2, -0.15) is 0 Å². The third-order valence-corrected chi connectivity index (χ3v) is 4.20. The molecule has 0 spiro atoms. The van der Waals surface area contributed by atoms with Crippen LogP contribution in [-0.2, 0) is 6.54 Å². The van der Waals surface area contributed by atoms with E-state index in [0.29, 0.717) is 29.1 Å². The third-order valence-electron chi connectivity index (χ3n) is 3.47. The van der Waals surface area contributed by atoms with Crippen LogP contribution in [0.25, 0.3) is 0 Å². The topological polar surface area (TPSA) is 88.8 Å². The first-order valence-corrected chi connectivity index (χ1v) is 9.09. The summed E-state index contributed by atoms with van der Waals surface area (Å²) in [6, 6.07) is 5.34. The Balaban J connectivity index is 0.00000576. The van der Waals surface area contributed by atoms with Gasteiger partial charge in [-0.1, -0.05) is 68.3 Å². The molecular weight excluding hydrogens is 381 g/mol. The summed E-state index contributed by atoms with van der Waals surface area (Å²) in [6.07, 6.45) is 7.32. The van der Waals surface area contributed by atoms with Crippen LogP contribution in [0, 0.1) is 0 Å². The Morgan fingerprint density at radius 2 is 1.60 bits per heavy atom. The molecular formula is C17H28Cl3N5. The minimum atomic E-state index is 0. The first kappa shape index (κ1) is 23.8. The SMILES string of the molecule is CCCCCCCCN=C(N)NC(N)=NCc1ccc(Cl)c(Cl)c1.Cl. The van der Waals surface area contributed by atoms with Gasteiger partial charge in [-0.15, -0.1) is 12.4 Å². The fourth-order valence-electron chi connectivity index (χ4n) is 2.12. The van der Waals surface area contributed by atoms with E-state index in [4.69, 9.17) is 34.7 Å². The summed E-state index contributed by atoms with van der Waals surface area (Å²) in [7, 11) is 0. The number of nitrogens with zero attached hydrogens (tertiary/aromatic N) is 2. The summed E-state index contributed by atoms with van der Waals surface area (Å²) < 4.78 is 0. The first-order chi connectivity index (χ1) is 11.5. The Labute approximate surface area is 166 Å². The molecule has 0 aliphatic carbocycles. The summed E-state index contributed by atoms with van der Waals surface area (Å²) >= 11 is 11.8. The zero-order valence-electron chi connectivity index (χ0n) is 14.6. The van der Waals surface area contributed by atoms with Gasteiger partial charge >= 0.3 is 0 Å². The van der Waals surface area contributed by atoms with Crippen LogP contribution in [0.3, 0.4) is 0 Å². The highest BCUT2D eigenvalue weighted by atomic mass is 35.5. The molecule has 0 unspecified atom stereocenters. The first-order valence-electron chi connectivity index (χ1n) is 8.33. The molecule has 8 heteroatoms. The van der Waals surface area contributed by atoms with Crippen molar-refractivity contribution in [1.82, 2.24) is 5.32 Å². The molecule has 5 nitrogen and oxygen atoms in total. The molecule has 0 aromatic heterocycles. The number of guanidine groups is 2. The van der Waals surface area contributed by atoms with Crippen molar-refractivity contribution in [3.8, 4) is 0 Å². The average molecular weight is 409 g/mol. The second-order valence-corrected chi connectivity index (χ2v) is 6.42. The Kier molecular flexibility index (Phi) is 13.4. The molecule has 0 amide bonds. The lowest BCUT2D eigenvalue weighted by molar-refractivity contribution is 0.612. The Bertz CT molecular complexity index is 561. The molecule has 5 N–H and O–H groups in total. The molecule has 0 fully saturated rings. The number of rotatable bonds is 9. The molecule has 0 bridgehead atoms. The van der Waals surface area contributed by atoms with Gasteiger partial charge in [0.25, 0.3) is 0 Å². The number of hydrogen-bond acceptors (Lipinski definition) is 2. The summed E-state index contributed by atoms with van der Waals surface area (Å²) in [4.78, 5) is 8.45. The van der Waals surface area contributed by atoms with Crippen molar-refractivity contribution in [1.29, 1.82) is 0 Å². The van der Waals surface area contributed by atoms with E-state index in [9.17, 15) is 0 Å². The lowest BCUT2D eigenvalue weighted by Gasteiger charge is -2.05. The molecule has 0 saturated heterocycles. The van der Waals surface area contributed by atoms with Gasteiger partial charge in [0.05, 0.1) is 16.6 Å². The second kappa shape index (κ2) is 14.0. The van der Waals surface area contributed by atoms with E-state index in [1.807, 2.05) is 6.07 Å². The quantitative estimate of drug-likeness (QED) is 0.319. The van der Waals surface area contributed by atoms with Crippen molar-refractivity contribution < 1.29 is 0 Å². The van der Waals surface area contributed by atoms with Crippen LogP contribution >= 0.6 is 35.6 Å². The minimum absolute atomic E-state index is 0. The lowest BCUT2D eigenvalue weighted by atomic mass is 10.1. The maximum Gasteiger partial charge on any atom is 0.195 e. The average Bonchev–Trinajstić information content (AvgIpc) is 2.55. The van der Waals surface area contributed by atoms with Gasteiger partial charge < -0.3 is 11.5 Å². The van der Waals surface area contributed by atoms with Crippen LogP contribution in [0.2, 0.25) is 10.0 Å². The number of hydrogen-bond donors (Lipinski definition) is 3. The molecule has 0 saturated carbocycles. The van der Waals surface area contributed by atoms with Gasteiger partial charge in [0.15, 0.2) is 11.9 Å². The lowest BCUT2D eigenvalue weighted by Crippen LogP contribution is -2.41. The van der Waals surface area contributed by atoms with E-state index in [0.717, 1.165) is 12.0 Å². The van der Waals surface area contributed by atoms with Crippen LogP contribution in [0.15, 0.2) is 28.2 Å². The van der Waals surface area contributed by atoms with Gasteiger partial charge in [0, 0.05) is 6.54 Å². The molecule has 0 atom stereocenters. The molecule has 142 valence electrons. The number of halogens is 3. The molecule has 1 aromatic rings. The number of benzene rings is 1. The fraction of sp³-hybridized carbons (Fsp3) is 0.529. The smallest absolute Gasteiger partial charge is 0.195 e. The van der Waals surface area contributed by atoms with Gasteiger partial charge in [-0.3, -0.25) is 10.3 Å². The predicted molar refractivity (Wildman–Crippen MR) is 112 cm³/mol. The van der Waals surface area contributed by atoms with Gasteiger partial charge in [-0.05, 0) is 24.1 Å². The van der Waals surface area contributed by atoms with Crippen molar-refractivity contribution >= 4 is 47.5 Å². The maximum atomic E-state index is 5.96. The molecule has 0 heterocycles. The molecule has 0 radical (unpaired) electrons. The Morgan fingerprint density at radius 1 is 0.960 bits per heavy atom. The van der Waals surface area contributed by atoms with E-state index in [1.165, 1.54) is 32.1 Å². The molecule has 1 aromatic carbocycles. The monoisotopic (exact) mass is 407 g/mol. The Morgan fingerprint density at radius 3 is 2.28 bits per heavy atom. The van der Waals surface area contributed by atoms with Crippen molar-refractivity contribution in [2.24, 2.45) is 21.5 Å². The maximum absolute atomic E-state index is 5.96. The molecule has 1 rings (SSSR count). The van der Waals surface area contributed by atoms with Crippen molar-refractivity contribution in [3.05, 3.63) is 33.8 Å². The van der Waals surface area contributed by atoms with Crippen molar-refractivity contribution in [2.75, 3.05) is 6.54 Å². The zero-order valence-corrected chi connectivity index (χ0v) is 16.9. The summed E-state index contributed by atoms with van der Waals surface area (Å²) in [6.45, 7) is 3.30. The van der Waals surface area contributed by atoms with E-state index >= 15 is 0 Å². The summed E-state index contributed by atoms with van der Waals surface area (Å²) in [5.74, 6) is 0.518. The largest absolute Gasteiger partial charge is 0.370 e. The normalized spacial score (nSPS) is 12.0. The highest BCUT2D eigenvalue weighted by Gasteiger charge is 2.00. The number of aliphatic imine (C=N–C) groups is 2. The van der Waals surface area contributed by atoms with Gasteiger partial charge in [0.1, 0.15) is 0 Å². The van der Waals surface area contributed by atoms with E-state index in [2.05, 4.69) is 22.2 Å². The highest BCUT2D eigenvalue weighted by molar-refractivity contribution is 6.42. The van der Waals surface area contributed by atoms with Gasteiger partial charge in [0.2, 0.25) is 0 Å². The predicted octanol–water partition coefficient (Wildman–Crippen LogP) is 4.49. The van der Waals surface area contributed by atoms with Crippen molar-refractivity contribution in [3.63, 3.8) is 0 Å². The number of nitrogens with two attached hydrogens (primary N) is 2. The molecule has 0 aliphatic rings. The second-order valence-electron chi connectivity index (χ2n) is 5.61. The van der Waals surface area contributed by atoms with E-state index < -0.39 is 0 Å². The van der Waals surface area contributed by atoms with Crippen LogP contribution in [0.1, 0.15) is 51.0 Å². The van der Waals surface area contributed by atoms with Crippen LogP contribution in [0.4, 0.5) is 0 Å². The summed E-state index contributed by atoms with van der Waals surface area (Å²) in [5, 5.41) is 3.80. The highest BCUT2D eigenvalue weighted by Crippen LogP contribution is 2.22. The van der Waals surface area contributed by atoms with E-state index in [1.54, 1.807) is 12.1 Å². The van der Waals surface area contributed by atoms with E-state index in [-0.39, 0.29) is 18.4 Å². The zero-order chi connectivity index (χ0) is 17.8. The standard InChI is InChI=1S/C17H27Cl2N5.ClH/c1-2-3-4-5-6-7-10-22-16(20)24-17(21)23-12-13-8-9-14(18)15(19)11-13;/h8-9,11H,2-7,10,12H2,1H3,(H5,20,21,22,23,24);1H. The van der Waals surface area contributed by atoms with Crippen LogP contribution in [0.5, 0.6) is 0 Å². The van der Waals surface area contributed by atoms with Crippen molar-refractivity contribution in [2.45, 2.75) is 52.0 Å². The number of unbranched alkanes of at least 4 members (excludes halogenated alkanes) is 5. The molecule has 0 aliphatic heterocycles.